The summed E-state index contributed by atoms with van der Waals surface area (Å²) in [6, 6.07) is 8.35. The summed E-state index contributed by atoms with van der Waals surface area (Å²) < 4.78 is 5.28. The molecule has 1 aliphatic rings. The van der Waals surface area contributed by atoms with E-state index in [1.54, 1.807) is 7.11 Å². The summed E-state index contributed by atoms with van der Waals surface area (Å²) in [6.45, 7) is 9.27. The number of piperidine rings is 1. The molecule has 0 aromatic heterocycles. The predicted octanol–water partition coefficient (Wildman–Crippen LogP) is 3.38. The minimum atomic E-state index is 0. The van der Waals surface area contributed by atoms with Crippen LogP contribution in [0.25, 0.3) is 0 Å². The van der Waals surface area contributed by atoms with Crippen LogP contribution in [-0.2, 0) is 17.9 Å². The van der Waals surface area contributed by atoms with E-state index in [1.807, 2.05) is 13.1 Å². The van der Waals surface area contributed by atoms with Crippen LogP contribution in [0, 0.1) is 0 Å². The van der Waals surface area contributed by atoms with Gasteiger partial charge in [-0.25, -0.2) is 0 Å². The maximum absolute atomic E-state index is 5.28. The lowest BCUT2D eigenvalue weighted by Gasteiger charge is -2.41. The van der Waals surface area contributed by atoms with Gasteiger partial charge in [0.15, 0.2) is 5.96 Å². The SMILES string of the molecule is CN=C(NCc1ccccc1COC)NCC(C)(C)N1CCCCC1.I. The van der Waals surface area contributed by atoms with Gasteiger partial charge in [0.1, 0.15) is 0 Å². The van der Waals surface area contributed by atoms with Crippen molar-refractivity contribution in [3.05, 3.63) is 35.4 Å². The minimum absolute atomic E-state index is 0. The number of hydrogen-bond acceptors (Lipinski definition) is 3. The van der Waals surface area contributed by atoms with E-state index in [0.717, 1.165) is 19.0 Å². The van der Waals surface area contributed by atoms with Crippen molar-refractivity contribution in [2.24, 2.45) is 4.99 Å². The van der Waals surface area contributed by atoms with Crippen LogP contribution in [0.3, 0.4) is 0 Å². The van der Waals surface area contributed by atoms with Crippen molar-refractivity contribution in [3.63, 3.8) is 0 Å². The number of likely N-dealkylation sites (tertiary alicyclic amines) is 1. The molecule has 0 radical (unpaired) electrons. The number of halogens is 1. The highest BCUT2D eigenvalue weighted by Crippen LogP contribution is 2.19. The van der Waals surface area contributed by atoms with Gasteiger partial charge in [-0.1, -0.05) is 30.7 Å². The number of nitrogens with zero attached hydrogens (tertiary/aromatic N) is 2. The molecule has 1 aromatic rings. The molecule has 0 atom stereocenters. The zero-order valence-electron chi connectivity index (χ0n) is 16.7. The molecule has 2 rings (SSSR count). The van der Waals surface area contributed by atoms with Crippen molar-refractivity contribution < 1.29 is 4.74 Å². The van der Waals surface area contributed by atoms with E-state index in [0.29, 0.717) is 6.61 Å². The van der Waals surface area contributed by atoms with E-state index < -0.39 is 0 Å². The van der Waals surface area contributed by atoms with Crippen molar-refractivity contribution in [3.8, 4) is 0 Å². The number of nitrogens with one attached hydrogen (secondary N) is 2. The molecule has 5 nitrogen and oxygen atoms in total. The van der Waals surface area contributed by atoms with E-state index in [2.05, 4.69) is 52.6 Å². The Morgan fingerprint density at radius 1 is 1.12 bits per heavy atom. The molecule has 148 valence electrons. The Kier molecular flexibility index (Phi) is 10.5. The summed E-state index contributed by atoms with van der Waals surface area (Å²) in [4.78, 5) is 6.96. The second-order valence-electron chi connectivity index (χ2n) is 7.34. The molecule has 26 heavy (non-hydrogen) atoms. The summed E-state index contributed by atoms with van der Waals surface area (Å²) >= 11 is 0. The summed E-state index contributed by atoms with van der Waals surface area (Å²) in [5, 5.41) is 6.92. The van der Waals surface area contributed by atoms with Gasteiger partial charge in [0, 0.05) is 32.8 Å². The Labute approximate surface area is 176 Å². The fourth-order valence-electron chi connectivity index (χ4n) is 3.34. The first-order valence-electron chi connectivity index (χ1n) is 9.32. The first-order chi connectivity index (χ1) is 12.1. The Morgan fingerprint density at radius 3 is 2.38 bits per heavy atom. The number of methoxy groups -OCH3 is 1. The van der Waals surface area contributed by atoms with Crippen molar-refractivity contribution in [1.29, 1.82) is 0 Å². The third-order valence-corrected chi connectivity index (χ3v) is 4.99. The van der Waals surface area contributed by atoms with Gasteiger partial charge >= 0.3 is 0 Å². The summed E-state index contributed by atoms with van der Waals surface area (Å²) in [5.74, 6) is 0.845. The molecule has 1 aliphatic heterocycles. The molecule has 1 heterocycles. The molecule has 2 N–H and O–H groups in total. The molecule has 0 amide bonds. The Bertz CT molecular complexity index is 556. The van der Waals surface area contributed by atoms with Gasteiger partial charge in [0.25, 0.3) is 0 Å². The van der Waals surface area contributed by atoms with E-state index in [4.69, 9.17) is 4.74 Å². The van der Waals surface area contributed by atoms with Gasteiger partial charge in [0.05, 0.1) is 6.61 Å². The van der Waals surface area contributed by atoms with Crippen LogP contribution in [0.15, 0.2) is 29.3 Å². The van der Waals surface area contributed by atoms with Crippen molar-refractivity contribution >= 4 is 29.9 Å². The van der Waals surface area contributed by atoms with Crippen LogP contribution in [0.4, 0.5) is 0 Å². The lowest BCUT2D eigenvalue weighted by molar-refractivity contribution is 0.0982. The predicted molar refractivity (Wildman–Crippen MR) is 120 cm³/mol. The Morgan fingerprint density at radius 2 is 1.77 bits per heavy atom. The summed E-state index contributed by atoms with van der Waals surface area (Å²) in [5.41, 5.74) is 2.58. The van der Waals surface area contributed by atoms with Crippen LogP contribution >= 0.6 is 24.0 Å². The monoisotopic (exact) mass is 474 g/mol. The van der Waals surface area contributed by atoms with Crippen LogP contribution in [0.2, 0.25) is 0 Å². The zero-order chi connectivity index (χ0) is 18.1. The average molecular weight is 474 g/mol. The molecule has 0 aliphatic carbocycles. The molecule has 1 fully saturated rings. The molecule has 0 unspecified atom stereocenters. The summed E-state index contributed by atoms with van der Waals surface area (Å²) in [7, 11) is 3.55. The lowest BCUT2D eigenvalue weighted by atomic mass is 9.98. The highest BCUT2D eigenvalue weighted by Gasteiger charge is 2.27. The molecule has 1 saturated heterocycles. The largest absolute Gasteiger partial charge is 0.380 e. The third-order valence-electron chi connectivity index (χ3n) is 4.99. The number of aliphatic imine (C=N–C) groups is 1. The van der Waals surface area contributed by atoms with Crippen molar-refractivity contribution in [2.75, 3.05) is 33.8 Å². The topological polar surface area (TPSA) is 48.9 Å². The van der Waals surface area contributed by atoms with E-state index in [9.17, 15) is 0 Å². The second-order valence-corrected chi connectivity index (χ2v) is 7.34. The van der Waals surface area contributed by atoms with Crippen LogP contribution in [0.5, 0.6) is 0 Å². The minimum Gasteiger partial charge on any atom is -0.380 e. The quantitative estimate of drug-likeness (QED) is 0.362. The van der Waals surface area contributed by atoms with Crippen molar-refractivity contribution in [1.82, 2.24) is 15.5 Å². The standard InChI is InChI=1S/C20H34N4O.HI/c1-20(2,24-12-8-5-9-13-24)16-23-19(21-3)22-14-17-10-6-7-11-18(17)15-25-4;/h6-7,10-11H,5,8-9,12-16H2,1-4H3,(H2,21,22,23);1H. The van der Waals surface area contributed by atoms with Gasteiger partial charge in [-0.15, -0.1) is 24.0 Å². The fraction of sp³-hybridized carbons (Fsp3) is 0.650. The van der Waals surface area contributed by atoms with Crippen molar-refractivity contribution in [2.45, 2.75) is 51.8 Å². The van der Waals surface area contributed by atoms with E-state index in [1.165, 1.54) is 43.5 Å². The smallest absolute Gasteiger partial charge is 0.191 e. The fourth-order valence-corrected chi connectivity index (χ4v) is 3.34. The molecular formula is C20H35IN4O. The van der Waals surface area contributed by atoms with Gasteiger partial charge in [-0.05, 0) is 50.9 Å². The number of benzene rings is 1. The first-order valence-corrected chi connectivity index (χ1v) is 9.32. The number of ether oxygens (including phenoxy) is 1. The maximum Gasteiger partial charge on any atom is 0.191 e. The van der Waals surface area contributed by atoms with Crippen LogP contribution in [-0.4, -0.2) is 50.2 Å². The van der Waals surface area contributed by atoms with Gasteiger partial charge in [0.2, 0.25) is 0 Å². The van der Waals surface area contributed by atoms with Crippen LogP contribution in [0.1, 0.15) is 44.2 Å². The van der Waals surface area contributed by atoms with Gasteiger partial charge in [-0.2, -0.15) is 0 Å². The van der Waals surface area contributed by atoms with E-state index in [-0.39, 0.29) is 29.5 Å². The average Bonchev–Trinajstić information content (AvgIpc) is 2.64. The first kappa shape index (κ1) is 23.2. The van der Waals surface area contributed by atoms with Gasteiger partial charge < -0.3 is 15.4 Å². The Balaban J connectivity index is 0.00000338. The molecule has 0 bridgehead atoms. The number of hydrogen-bond donors (Lipinski definition) is 2. The molecule has 1 aromatic carbocycles. The highest BCUT2D eigenvalue weighted by molar-refractivity contribution is 14.0. The second kappa shape index (κ2) is 11.8. The number of guanidine groups is 1. The van der Waals surface area contributed by atoms with E-state index >= 15 is 0 Å². The maximum atomic E-state index is 5.28. The van der Waals surface area contributed by atoms with Gasteiger partial charge in [-0.3, -0.25) is 9.89 Å². The normalized spacial score (nSPS) is 16.1. The highest BCUT2D eigenvalue weighted by atomic mass is 127. The lowest BCUT2D eigenvalue weighted by Crippen LogP contribution is -2.54. The Hall–Kier alpha value is -0.860. The zero-order valence-corrected chi connectivity index (χ0v) is 19.0. The molecule has 0 spiro atoms. The third kappa shape index (κ3) is 7.04. The number of rotatable bonds is 7. The summed E-state index contributed by atoms with van der Waals surface area (Å²) in [6.07, 6.45) is 3.99. The van der Waals surface area contributed by atoms with Crippen LogP contribution < -0.4 is 10.6 Å². The molecule has 0 saturated carbocycles. The molecular weight excluding hydrogens is 439 g/mol. The molecule has 6 heteroatoms.